The molecule has 4 nitrogen and oxygen atoms in total. The fraction of sp³-hybridized carbons (Fsp3) is 0.250. The SMILES string of the molecule is O=C([O-])C(=O)CCc1ccco1.[Na+]. The molecule has 0 amide bonds. The van der Waals surface area contributed by atoms with Crippen LogP contribution in [0.25, 0.3) is 0 Å². The predicted molar refractivity (Wildman–Crippen MR) is 37.0 cm³/mol. The largest absolute Gasteiger partial charge is 1.00 e. The molecular weight excluding hydrogens is 183 g/mol. The van der Waals surface area contributed by atoms with Crippen LogP contribution in [0.2, 0.25) is 0 Å². The summed E-state index contributed by atoms with van der Waals surface area (Å²) in [6.45, 7) is 0. The molecule has 64 valence electrons. The Morgan fingerprint density at radius 2 is 2.15 bits per heavy atom. The van der Waals surface area contributed by atoms with E-state index in [0.29, 0.717) is 12.2 Å². The van der Waals surface area contributed by atoms with E-state index in [2.05, 4.69) is 0 Å². The van der Waals surface area contributed by atoms with Crippen LogP contribution in [0.4, 0.5) is 0 Å². The van der Waals surface area contributed by atoms with Crippen molar-refractivity contribution in [3.05, 3.63) is 24.2 Å². The molecule has 0 saturated carbocycles. The van der Waals surface area contributed by atoms with Gasteiger partial charge in [-0.25, -0.2) is 0 Å². The molecule has 13 heavy (non-hydrogen) atoms. The summed E-state index contributed by atoms with van der Waals surface area (Å²) in [7, 11) is 0. The van der Waals surface area contributed by atoms with Crippen LogP contribution in [0.1, 0.15) is 12.2 Å². The number of carbonyl (C=O) groups excluding carboxylic acids is 2. The molecule has 0 atom stereocenters. The number of carboxylic acid groups (broad SMARTS) is 1. The smallest absolute Gasteiger partial charge is 0.542 e. The first-order valence-electron chi connectivity index (χ1n) is 3.46. The molecule has 0 fully saturated rings. The molecule has 0 bridgehead atoms. The standard InChI is InChI=1S/C8H8O4.Na/c9-7(8(10)11)4-3-6-2-1-5-12-6;/h1-2,5H,3-4H2,(H,10,11);/q;+1/p-1. The first-order valence-corrected chi connectivity index (χ1v) is 3.46. The Labute approximate surface area is 97.2 Å². The van der Waals surface area contributed by atoms with Crippen molar-refractivity contribution in [2.45, 2.75) is 12.8 Å². The zero-order valence-corrected chi connectivity index (χ0v) is 9.28. The third kappa shape index (κ3) is 4.26. The summed E-state index contributed by atoms with van der Waals surface area (Å²) < 4.78 is 4.90. The number of hydrogen-bond donors (Lipinski definition) is 0. The van der Waals surface area contributed by atoms with Crippen molar-refractivity contribution in [2.24, 2.45) is 0 Å². The predicted octanol–water partition coefficient (Wildman–Crippen LogP) is -3.46. The van der Waals surface area contributed by atoms with E-state index < -0.39 is 11.8 Å². The minimum absolute atomic E-state index is 0. The van der Waals surface area contributed by atoms with Crippen LogP contribution >= 0.6 is 0 Å². The van der Waals surface area contributed by atoms with Gasteiger partial charge in [-0.1, -0.05) is 0 Å². The maximum atomic E-state index is 10.5. The average molecular weight is 190 g/mol. The van der Waals surface area contributed by atoms with E-state index in [1.165, 1.54) is 6.26 Å². The second-order valence-corrected chi connectivity index (χ2v) is 2.29. The van der Waals surface area contributed by atoms with Gasteiger partial charge in [-0.3, -0.25) is 4.79 Å². The molecule has 0 aliphatic heterocycles. The Bertz CT molecular complexity index is 278. The van der Waals surface area contributed by atoms with Gasteiger partial charge in [0.15, 0.2) is 5.78 Å². The number of aliphatic carboxylic acids is 1. The van der Waals surface area contributed by atoms with E-state index in [-0.39, 0.29) is 36.0 Å². The molecule has 5 heteroatoms. The Hall–Kier alpha value is -0.580. The maximum Gasteiger partial charge on any atom is 1.00 e. The Morgan fingerprint density at radius 3 is 2.62 bits per heavy atom. The molecule has 0 radical (unpaired) electrons. The molecule has 0 unspecified atom stereocenters. The van der Waals surface area contributed by atoms with E-state index in [1.807, 2.05) is 0 Å². The molecule has 0 saturated heterocycles. The van der Waals surface area contributed by atoms with Gasteiger partial charge >= 0.3 is 29.6 Å². The van der Waals surface area contributed by atoms with Gasteiger partial charge in [0.2, 0.25) is 0 Å². The Morgan fingerprint density at radius 1 is 1.46 bits per heavy atom. The summed E-state index contributed by atoms with van der Waals surface area (Å²) in [6, 6.07) is 3.36. The normalized spacial score (nSPS) is 8.92. The average Bonchev–Trinajstić information content (AvgIpc) is 2.51. The number of rotatable bonds is 4. The van der Waals surface area contributed by atoms with Crippen LogP contribution in [0.5, 0.6) is 0 Å². The van der Waals surface area contributed by atoms with Gasteiger partial charge in [0.1, 0.15) is 11.7 Å². The summed E-state index contributed by atoms with van der Waals surface area (Å²) in [5.74, 6) is -1.93. The molecule has 0 aliphatic carbocycles. The van der Waals surface area contributed by atoms with Crippen molar-refractivity contribution in [2.75, 3.05) is 0 Å². The van der Waals surface area contributed by atoms with Gasteiger partial charge in [0.25, 0.3) is 0 Å². The minimum Gasteiger partial charge on any atom is -0.542 e. The fourth-order valence-electron chi connectivity index (χ4n) is 0.794. The molecule has 1 heterocycles. The molecule has 0 N–H and O–H groups in total. The molecule has 0 aromatic carbocycles. The van der Waals surface area contributed by atoms with Crippen molar-refractivity contribution >= 4 is 11.8 Å². The van der Waals surface area contributed by atoms with E-state index in [4.69, 9.17) is 4.42 Å². The van der Waals surface area contributed by atoms with Crippen LogP contribution in [0.15, 0.2) is 22.8 Å². The van der Waals surface area contributed by atoms with Crippen molar-refractivity contribution in [1.82, 2.24) is 0 Å². The summed E-state index contributed by atoms with van der Waals surface area (Å²) >= 11 is 0. The maximum absolute atomic E-state index is 10.5. The van der Waals surface area contributed by atoms with Gasteiger partial charge in [0.05, 0.1) is 6.26 Å². The van der Waals surface area contributed by atoms with Crippen LogP contribution in [0, 0.1) is 0 Å². The van der Waals surface area contributed by atoms with Crippen LogP contribution in [-0.4, -0.2) is 11.8 Å². The summed E-state index contributed by atoms with van der Waals surface area (Å²) in [5, 5.41) is 9.97. The van der Waals surface area contributed by atoms with Crippen molar-refractivity contribution in [3.8, 4) is 0 Å². The molecule has 1 aromatic heterocycles. The number of Topliss-reactive ketones (excluding diaryl/α,β-unsaturated/α-hetero) is 1. The molecule has 1 rings (SSSR count). The number of hydrogen-bond acceptors (Lipinski definition) is 4. The first-order chi connectivity index (χ1) is 5.70. The van der Waals surface area contributed by atoms with Gasteiger partial charge < -0.3 is 14.3 Å². The van der Waals surface area contributed by atoms with E-state index in [0.717, 1.165) is 0 Å². The van der Waals surface area contributed by atoms with Gasteiger partial charge in [-0.05, 0) is 12.1 Å². The number of aryl methyl sites for hydroxylation is 1. The van der Waals surface area contributed by atoms with Crippen LogP contribution in [0.3, 0.4) is 0 Å². The number of carboxylic acids is 1. The third-order valence-corrected chi connectivity index (χ3v) is 1.41. The second-order valence-electron chi connectivity index (χ2n) is 2.29. The number of ketones is 1. The van der Waals surface area contributed by atoms with Crippen LogP contribution in [-0.2, 0) is 16.0 Å². The minimum atomic E-state index is -1.64. The summed E-state index contributed by atoms with van der Waals surface area (Å²) in [4.78, 5) is 20.5. The van der Waals surface area contributed by atoms with Crippen molar-refractivity contribution in [1.29, 1.82) is 0 Å². The fourth-order valence-corrected chi connectivity index (χ4v) is 0.794. The van der Waals surface area contributed by atoms with Gasteiger partial charge in [0, 0.05) is 12.8 Å². The van der Waals surface area contributed by atoms with Gasteiger partial charge in [-0.15, -0.1) is 0 Å². The second kappa shape index (κ2) is 5.96. The third-order valence-electron chi connectivity index (χ3n) is 1.41. The van der Waals surface area contributed by atoms with Crippen LogP contribution < -0.4 is 34.7 Å². The quantitative estimate of drug-likeness (QED) is 0.365. The first kappa shape index (κ1) is 12.4. The molecular formula is C8H7NaO4. The molecule has 1 aromatic rings. The number of carbonyl (C=O) groups is 2. The summed E-state index contributed by atoms with van der Waals surface area (Å²) in [6.07, 6.45) is 1.70. The van der Waals surface area contributed by atoms with Crippen molar-refractivity contribution < 1.29 is 48.7 Å². The van der Waals surface area contributed by atoms with Crippen molar-refractivity contribution in [3.63, 3.8) is 0 Å². The Kier molecular flexibility index (Phi) is 5.70. The number of furan rings is 1. The molecule has 0 spiro atoms. The molecule has 0 aliphatic rings. The zero-order chi connectivity index (χ0) is 8.97. The summed E-state index contributed by atoms with van der Waals surface area (Å²) in [5.41, 5.74) is 0. The van der Waals surface area contributed by atoms with E-state index in [1.54, 1.807) is 12.1 Å². The topological polar surface area (TPSA) is 70.3 Å². The Balaban J connectivity index is 0.00000144. The zero-order valence-electron chi connectivity index (χ0n) is 7.28. The van der Waals surface area contributed by atoms with E-state index >= 15 is 0 Å². The van der Waals surface area contributed by atoms with E-state index in [9.17, 15) is 14.7 Å². The monoisotopic (exact) mass is 190 g/mol. The van der Waals surface area contributed by atoms with Gasteiger partial charge in [-0.2, -0.15) is 0 Å².